The molecule has 0 radical (unpaired) electrons. The molecule has 2 aromatic rings. The SMILES string of the molecule is Nc1cc2c(cc1C(F)(F)F)C=Cc1ccc(F)cc1S2. The molecule has 0 saturated carbocycles. The van der Waals surface area contributed by atoms with Gasteiger partial charge in [0.05, 0.1) is 5.56 Å². The van der Waals surface area contributed by atoms with Crippen LogP contribution < -0.4 is 5.73 Å². The maximum atomic E-state index is 13.3. The fourth-order valence-electron chi connectivity index (χ4n) is 2.11. The fourth-order valence-corrected chi connectivity index (χ4v) is 3.20. The van der Waals surface area contributed by atoms with Crippen LogP contribution in [-0.4, -0.2) is 0 Å². The van der Waals surface area contributed by atoms with E-state index in [1.54, 1.807) is 18.2 Å². The van der Waals surface area contributed by atoms with Crippen LogP contribution in [0.4, 0.5) is 23.2 Å². The third-order valence-corrected chi connectivity index (χ3v) is 4.27. The van der Waals surface area contributed by atoms with Crippen LogP contribution in [0.5, 0.6) is 0 Å². The molecule has 0 aliphatic carbocycles. The van der Waals surface area contributed by atoms with Crippen molar-refractivity contribution in [2.75, 3.05) is 5.73 Å². The van der Waals surface area contributed by atoms with Gasteiger partial charge in [0, 0.05) is 15.5 Å². The van der Waals surface area contributed by atoms with Gasteiger partial charge in [0.25, 0.3) is 0 Å². The van der Waals surface area contributed by atoms with Crippen molar-refractivity contribution < 1.29 is 17.6 Å². The van der Waals surface area contributed by atoms with E-state index in [-0.39, 0.29) is 5.69 Å². The highest BCUT2D eigenvalue weighted by molar-refractivity contribution is 7.99. The van der Waals surface area contributed by atoms with Gasteiger partial charge in [0.15, 0.2) is 0 Å². The Labute approximate surface area is 122 Å². The molecule has 1 nitrogen and oxygen atoms in total. The lowest BCUT2D eigenvalue weighted by atomic mass is 10.1. The lowest BCUT2D eigenvalue weighted by Gasteiger charge is -2.13. The molecular weight excluding hydrogens is 302 g/mol. The molecule has 2 aromatic carbocycles. The Balaban J connectivity index is 2.15. The maximum Gasteiger partial charge on any atom is 0.418 e. The van der Waals surface area contributed by atoms with Gasteiger partial charge in [-0.25, -0.2) is 4.39 Å². The molecular formula is C15H9F4NS. The zero-order chi connectivity index (χ0) is 15.2. The van der Waals surface area contributed by atoms with E-state index in [0.717, 1.165) is 11.6 Å². The number of rotatable bonds is 0. The summed E-state index contributed by atoms with van der Waals surface area (Å²) in [5, 5.41) is 0. The Morgan fingerprint density at radius 2 is 1.57 bits per heavy atom. The van der Waals surface area contributed by atoms with Crippen molar-refractivity contribution in [3.8, 4) is 0 Å². The van der Waals surface area contributed by atoms with Gasteiger partial charge in [-0.2, -0.15) is 13.2 Å². The molecule has 0 spiro atoms. The molecule has 0 atom stereocenters. The van der Waals surface area contributed by atoms with Gasteiger partial charge >= 0.3 is 6.18 Å². The van der Waals surface area contributed by atoms with Crippen LogP contribution in [0.25, 0.3) is 12.2 Å². The number of fused-ring (bicyclic) bond motifs is 2. The summed E-state index contributed by atoms with van der Waals surface area (Å²) in [6.07, 6.45) is -1.24. The first-order valence-electron chi connectivity index (χ1n) is 6.01. The molecule has 0 amide bonds. The molecule has 1 aliphatic rings. The van der Waals surface area contributed by atoms with E-state index < -0.39 is 17.6 Å². The summed E-state index contributed by atoms with van der Waals surface area (Å²) >= 11 is 1.20. The van der Waals surface area contributed by atoms with Gasteiger partial charge in [0.1, 0.15) is 5.82 Å². The lowest BCUT2D eigenvalue weighted by Crippen LogP contribution is -2.09. The molecule has 3 rings (SSSR count). The van der Waals surface area contributed by atoms with Crippen LogP contribution in [0, 0.1) is 5.82 Å². The van der Waals surface area contributed by atoms with Crippen molar-refractivity contribution in [1.82, 2.24) is 0 Å². The molecule has 1 aliphatic heterocycles. The minimum atomic E-state index is -4.50. The van der Waals surface area contributed by atoms with E-state index in [1.165, 1.54) is 30.0 Å². The normalized spacial score (nSPS) is 13.5. The molecule has 21 heavy (non-hydrogen) atoms. The summed E-state index contributed by atoms with van der Waals surface area (Å²) in [6.45, 7) is 0. The molecule has 0 aromatic heterocycles. The largest absolute Gasteiger partial charge is 0.418 e. The van der Waals surface area contributed by atoms with Gasteiger partial charge in [-0.15, -0.1) is 0 Å². The Morgan fingerprint density at radius 1 is 0.905 bits per heavy atom. The second-order valence-electron chi connectivity index (χ2n) is 4.59. The van der Waals surface area contributed by atoms with Gasteiger partial charge in [-0.1, -0.05) is 30.0 Å². The molecule has 0 saturated heterocycles. The minimum absolute atomic E-state index is 0.331. The number of halogens is 4. The summed E-state index contributed by atoms with van der Waals surface area (Å²) in [7, 11) is 0. The van der Waals surface area contributed by atoms with E-state index in [0.29, 0.717) is 15.4 Å². The van der Waals surface area contributed by atoms with Crippen molar-refractivity contribution in [3.63, 3.8) is 0 Å². The standard InChI is InChI=1S/C15H9F4NS/c16-10-4-3-8-1-2-9-5-11(15(17,18)19)12(20)7-14(9)21-13(8)6-10/h1-7H,20H2. The molecule has 2 N–H and O–H groups in total. The molecule has 108 valence electrons. The lowest BCUT2D eigenvalue weighted by molar-refractivity contribution is -0.136. The first-order valence-corrected chi connectivity index (χ1v) is 6.82. The van der Waals surface area contributed by atoms with Crippen LogP contribution in [0.15, 0.2) is 40.1 Å². The van der Waals surface area contributed by atoms with Crippen LogP contribution in [0.1, 0.15) is 16.7 Å². The zero-order valence-electron chi connectivity index (χ0n) is 10.5. The van der Waals surface area contributed by atoms with E-state index in [9.17, 15) is 17.6 Å². The molecule has 6 heteroatoms. The van der Waals surface area contributed by atoms with E-state index >= 15 is 0 Å². The summed E-state index contributed by atoms with van der Waals surface area (Å²) in [5.74, 6) is -0.391. The number of hydrogen-bond donors (Lipinski definition) is 1. The van der Waals surface area contributed by atoms with Crippen LogP contribution in [0.2, 0.25) is 0 Å². The van der Waals surface area contributed by atoms with Crippen molar-refractivity contribution in [1.29, 1.82) is 0 Å². The highest BCUT2D eigenvalue weighted by Crippen LogP contribution is 2.42. The predicted molar refractivity (Wildman–Crippen MR) is 75.3 cm³/mol. The van der Waals surface area contributed by atoms with Crippen LogP contribution in [0.3, 0.4) is 0 Å². The Morgan fingerprint density at radius 3 is 2.29 bits per heavy atom. The third-order valence-electron chi connectivity index (χ3n) is 3.13. The average Bonchev–Trinajstić information content (AvgIpc) is 2.54. The number of hydrogen-bond acceptors (Lipinski definition) is 2. The van der Waals surface area contributed by atoms with Crippen molar-refractivity contribution >= 4 is 29.6 Å². The predicted octanol–water partition coefficient (Wildman–Crippen LogP) is 5.06. The van der Waals surface area contributed by atoms with Crippen molar-refractivity contribution in [2.45, 2.75) is 16.0 Å². The van der Waals surface area contributed by atoms with Gasteiger partial charge in [-0.05, 0) is 35.4 Å². The Kier molecular flexibility index (Phi) is 3.20. The first kappa shape index (κ1) is 14.0. The topological polar surface area (TPSA) is 26.0 Å². The maximum absolute atomic E-state index is 13.3. The van der Waals surface area contributed by atoms with E-state index in [4.69, 9.17) is 5.73 Å². The number of anilines is 1. The Bertz CT molecular complexity index is 750. The van der Waals surface area contributed by atoms with Crippen LogP contribution in [-0.2, 0) is 6.18 Å². The van der Waals surface area contributed by atoms with Crippen molar-refractivity contribution in [2.24, 2.45) is 0 Å². The second-order valence-corrected chi connectivity index (χ2v) is 5.68. The third kappa shape index (κ3) is 2.63. The smallest absolute Gasteiger partial charge is 0.398 e. The second kappa shape index (κ2) is 4.80. The van der Waals surface area contributed by atoms with E-state index in [2.05, 4.69) is 0 Å². The summed E-state index contributed by atoms with van der Waals surface area (Å²) in [6, 6.07) is 6.57. The molecule has 0 bridgehead atoms. The first-order chi connectivity index (χ1) is 9.84. The van der Waals surface area contributed by atoms with E-state index in [1.807, 2.05) is 0 Å². The molecule has 0 unspecified atom stereocenters. The summed E-state index contributed by atoms with van der Waals surface area (Å²) in [5.41, 5.74) is 5.48. The minimum Gasteiger partial charge on any atom is -0.398 e. The van der Waals surface area contributed by atoms with Gasteiger partial charge < -0.3 is 5.73 Å². The summed E-state index contributed by atoms with van der Waals surface area (Å²) in [4.78, 5) is 1.21. The molecule has 1 heterocycles. The van der Waals surface area contributed by atoms with Gasteiger partial charge in [0.2, 0.25) is 0 Å². The number of benzene rings is 2. The average molecular weight is 311 g/mol. The monoisotopic (exact) mass is 311 g/mol. The number of alkyl halides is 3. The van der Waals surface area contributed by atoms with Gasteiger partial charge in [-0.3, -0.25) is 0 Å². The highest BCUT2D eigenvalue weighted by Gasteiger charge is 2.33. The fraction of sp³-hybridized carbons (Fsp3) is 0.0667. The van der Waals surface area contributed by atoms with Crippen LogP contribution >= 0.6 is 11.8 Å². The highest BCUT2D eigenvalue weighted by atomic mass is 32.2. The molecule has 0 fully saturated rings. The number of nitrogens with two attached hydrogens (primary N) is 1. The Hall–Kier alpha value is -1.95. The van der Waals surface area contributed by atoms with Crippen molar-refractivity contribution in [3.05, 3.63) is 52.8 Å². The summed E-state index contributed by atoms with van der Waals surface area (Å²) < 4.78 is 51.9. The number of nitrogen functional groups attached to an aromatic ring is 1. The zero-order valence-corrected chi connectivity index (χ0v) is 11.4. The quantitative estimate of drug-likeness (QED) is 0.464.